The van der Waals surface area contributed by atoms with Crippen molar-refractivity contribution in [3.8, 4) is 0 Å². The van der Waals surface area contributed by atoms with Gasteiger partial charge in [0.15, 0.2) is 0 Å². The van der Waals surface area contributed by atoms with Crippen molar-refractivity contribution in [3.05, 3.63) is 0 Å². The third-order valence-corrected chi connectivity index (χ3v) is 8.59. The predicted molar refractivity (Wildman–Crippen MR) is 210 cm³/mol. The number of hydrogen-bond donors (Lipinski definition) is 7. The molecule has 18 nitrogen and oxygen atoms in total. The molecule has 0 heterocycles. The third kappa shape index (κ3) is 37.5. The summed E-state index contributed by atoms with van der Waals surface area (Å²) < 4.78 is 21.2. The lowest BCUT2D eigenvalue weighted by Gasteiger charge is -2.14. The zero-order valence-electron chi connectivity index (χ0n) is 32.8. The van der Waals surface area contributed by atoms with E-state index in [-0.39, 0.29) is 126 Å². The second-order valence-electron chi connectivity index (χ2n) is 13.0. The van der Waals surface area contributed by atoms with E-state index in [1.54, 1.807) is 0 Å². The summed E-state index contributed by atoms with van der Waals surface area (Å²) in [5.41, 5.74) is 0. The van der Waals surface area contributed by atoms with Gasteiger partial charge in [0.25, 0.3) is 0 Å². The Labute approximate surface area is 339 Å². The van der Waals surface area contributed by atoms with Gasteiger partial charge in [0, 0.05) is 45.4 Å². The van der Waals surface area contributed by atoms with E-state index in [4.69, 9.17) is 24.1 Å². The number of alkyl halides is 1. The summed E-state index contributed by atoms with van der Waals surface area (Å²) in [7, 11) is 0. The van der Waals surface area contributed by atoms with E-state index in [2.05, 4.69) is 42.5 Å². The topological polar surface area (TPSA) is 257 Å². The van der Waals surface area contributed by atoms with E-state index in [9.17, 15) is 38.7 Å². The Hall–Kier alpha value is -3.39. The Bertz CT molecular complexity index is 1100. The van der Waals surface area contributed by atoms with Crippen LogP contribution < -0.4 is 26.6 Å². The predicted octanol–water partition coefficient (Wildman–Crippen LogP) is 1.81. The normalized spacial score (nSPS) is 11.4. The largest absolute Gasteiger partial charge is 0.481 e. The van der Waals surface area contributed by atoms with Gasteiger partial charge in [0.1, 0.15) is 19.3 Å². The molecule has 56 heavy (non-hydrogen) atoms. The van der Waals surface area contributed by atoms with Crippen LogP contribution in [0.25, 0.3) is 0 Å². The van der Waals surface area contributed by atoms with E-state index < -0.39 is 18.0 Å². The number of unbranched alkanes of at least 4 members (excludes halogenated alkanes) is 11. The number of nitrogens with one attached hydrogen (secondary N) is 5. The van der Waals surface area contributed by atoms with Gasteiger partial charge in [-0.1, -0.05) is 80.1 Å². The number of carbonyl (C=O) groups excluding carboxylic acids is 5. The molecule has 0 spiro atoms. The minimum absolute atomic E-state index is 0.0322. The molecule has 19 heteroatoms. The number of halogens is 1. The quantitative estimate of drug-likeness (QED) is 0.0343. The number of carbonyl (C=O) groups is 7. The van der Waals surface area contributed by atoms with Gasteiger partial charge in [-0.05, 0) is 19.3 Å². The summed E-state index contributed by atoms with van der Waals surface area (Å²) in [6.45, 7) is 2.04. The van der Waals surface area contributed by atoms with Crippen LogP contribution in [0.5, 0.6) is 0 Å². The maximum atomic E-state index is 12.3. The van der Waals surface area contributed by atoms with Gasteiger partial charge < -0.3 is 55.7 Å². The average Bonchev–Trinajstić information content (AvgIpc) is 3.16. The fourth-order valence-electron chi connectivity index (χ4n) is 5.07. The Balaban J connectivity index is 3.66. The molecular formula is C37H66BrN5O13. The van der Waals surface area contributed by atoms with Crippen molar-refractivity contribution in [2.45, 2.75) is 109 Å². The number of carboxylic acids is 2. The van der Waals surface area contributed by atoms with Crippen LogP contribution in [0, 0.1) is 0 Å². The van der Waals surface area contributed by atoms with Gasteiger partial charge in [-0.25, -0.2) is 4.79 Å². The van der Waals surface area contributed by atoms with E-state index in [1.807, 2.05) is 0 Å². The Morgan fingerprint density at radius 1 is 0.446 bits per heavy atom. The summed E-state index contributed by atoms with van der Waals surface area (Å²) in [6.07, 6.45) is 12.7. The van der Waals surface area contributed by atoms with E-state index in [0.29, 0.717) is 19.5 Å². The van der Waals surface area contributed by atoms with Crippen molar-refractivity contribution >= 4 is 57.4 Å². The number of amides is 5. The Morgan fingerprint density at radius 3 is 1.32 bits per heavy atom. The van der Waals surface area contributed by atoms with E-state index in [0.717, 1.165) is 51.4 Å². The molecule has 0 aliphatic heterocycles. The summed E-state index contributed by atoms with van der Waals surface area (Å²) in [6, 6.07) is -1.15. The van der Waals surface area contributed by atoms with Crippen LogP contribution in [0.4, 0.5) is 0 Å². The highest BCUT2D eigenvalue weighted by molar-refractivity contribution is 9.09. The fourth-order valence-corrected chi connectivity index (χ4v) is 5.26. The third-order valence-electron chi connectivity index (χ3n) is 8.08. The standard InChI is InChI=1S/C37H66BrN5O13/c38-27-33(46)39-17-18-40-34(47)28-55-25-24-54-22-20-42-35(48)29-56-26-23-53-21-19-41-31(44)16-15-30(37(51)52)43-32(45)13-11-9-7-5-3-1-2-4-6-8-10-12-14-36(49)50/h30H,1-29H2,(H,39,46)(H,40,47)(H,41,44)(H,42,48)(H,43,45)(H,49,50)(H,51,52). The first-order valence-corrected chi connectivity index (χ1v) is 20.8. The molecule has 0 fully saturated rings. The monoisotopic (exact) mass is 867 g/mol. The van der Waals surface area contributed by atoms with Gasteiger partial charge in [-0.2, -0.15) is 0 Å². The molecule has 0 aromatic rings. The van der Waals surface area contributed by atoms with Gasteiger partial charge in [0.05, 0.1) is 45.0 Å². The lowest BCUT2D eigenvalue weighted by molar-refractivity contribution is -0.142. The Kier molecular flexibility index (Phi) is 36.2. The van der Waals surface area contributed by atoms with E-state index in [1.165, 1.54) is 19.3 Å². The molecule has 1 unspecified atom stereocenters. The average molecular weight is 869 g/mol. The van der Waals surface area contributed by atoms with Crippen molar-refractivity contribution < 1.29 is 62.7 Å². The molecule has 324 valence electrons. The van der Waals surface area contributed by atoms with Crippen LogP contribution in [-0.4, -0.2) is 142 Å². The molecule has 0 radical (unpaired) electrons. The smallest absolute Gasteiger partial charge is 0.326 e. The molecular weight excluding hydrogens is 802 g/mol. The number of hydrogen-bond acceptors (Lipinski definition) is 11. The van der Waals surface area contributed by atoms with Crippen LogP contribution in [0.2, 0.25) is 0 Å². The lowest BCUT2D eigenvalue weighted by atomic mass is 10.0. The second kappa shape index (κ2) is 38.5. The molecule has 0 aliphatic carbocycles. The molecule has 0 aromatic carbocycles. The van der Waals surface area contributed by atoms with Crippen molar-refractivity contribution in [3.63, 3.8) is 0 Å². The van der Waals surface area contributed by atoms with Crippen LogP contribution in [0.1, 0.15) is 103 Å². The second-order valence-corrected chi connectivity index (χ2v) is 13.6. The van der Waals surface area contributed by atoms with Crippen molar-refractivity contribution in [1.29, 1.82) is 0 Å². The first-order chi connectivity index (χ1) is 27.0. The summed E-state index contributed by atoms with van der Waals surface area (Å²) >= 11 is 3.03. The minimum Gasteiger partial charge on any atom is -0.481 e. The van der Waals surface area contributed by atoms with Crippen LogP contribution >= 0.6 is 15.9 Å². The zero-order chi connectivity index (χ0) is 41.5. The maximum Gasteiger partial charge on any atom is 0.326 e. The number of ether oxygens (including phenoxy) is 4. The van der Waals surface area contributed by atoms with Gasteiger partial charge in [-0.3, -0.25) is 28.8 Å². The van der Waals surface area contributed by atoms with Crippen molar-refractivity contribution in [2.24, 2.45) is 0 Å². The molecule has 0 aromatic heterocycles. The highest BCUT2D eigenvalue weighted by atomic mass is 79.9. The van der Waals surface area contributed by atoms with Gasteiger partial charge in [0.2, 0.25) is 29.5 Å². The van der Waals surface area contributed by atoms with Crippen molar-refractivity contribution in [2.75, 3.05) is 84.4 Å². The number of rotatable bonds is 40. The Morgan fingerprint density at radius 2 is 0.857 bits per heavy atom. The molecule has 1 atom stereocenters. The number of aliphatic carboxylic acids is 2. The van der Waals surface area contributed by atoms with Gasteiger partial charge in [-0.15, -0.1) is 0 Å². The summed E-state index contributed by atoms with van der Waals surface area (Å²) in [5, 5.41) is 31.3. The zero-order valence-corrected chi connectivity index (χ0v) is 34.4. The molecule has 7 N–H and O–H groups in total. The van der Waals surface area contributed by atoms with Crippen LogP contribution in [-0.2, 0) is 52.5 Å². The molecule has 0 bridgehead atoms. The summed E-state index contributed by atoms with van der Waals surface area (Å²) in [5.74, 6) is -3.42. The first kappa shape index (κ1) is 52.6. The van der Waals surface area contributed by atoms with Crippen LogP contribution in [0.3, 0.4) is 0 Å². The lowest BCUT2D eigenvalue weighted by Crippen LogP contribution is -2.41. The fraction of sp³-hybridized carbons (Fsp3) is 0.811. The first-order valence-electron chi connectivity index (χ1n) is 19.7. The van der Waals surface area contributed by atoms with E-state index >= 15 is 0 Å². The summed E-state index contributed by atoms with van der Waals surface area (Å²) in [4.78, 5) is 81.1. The molecule has 5 amide bonds. The molecule has 0 rings (SSSR count). The van der Waals surface area contributed by atoms with Gasteiger partial charge >= 0.3 is 11.9 Å². The highest BCUT2D eigenvalue weighted by Crippen LogP contribution is 2.13. The number of carboxylic acid groups (broad SMARTS) is 2. The van der Waals surface area contributed by atoms with Crippen LogP contribution in [0.15, 0.2) is 0 Å². The SMILES string of the molecule is O=C(O)CCCCCCCCCCCCCCC(=O)NC(CCC(=O)NCCOCCOCC(=O)NCCOCCOCC(=O)NCCNC(=O)CBr)C(=O)O. The molecule has 0 saturated carbocycles. The maximum absolute atomic E-state index is 12.3. The van der Waals surface area contributed by atoms with Crippen molar-refractivity contribution in [1.82, 2.24) is 26.6 Å². The highest BCUT2D eigenvalue weighted by Gasteiger charge is 2.20. The molecule has 0 saturated heterocycles. The minimum atomic E-state index is -1.19. The molecule has 0 aliphatic rings.